The second kappa shape index (κ2) is 2.61. The van der Waals surface area contributed by atoms with Gasteiger partial charge in [0.25, 0.3) is 0 Å². The van der Waals surface area contributed by atoms with Gasteiger partial charge >= 0.3 is 0 Å². The van der Waals surface area contributed by atoms with E-state index < -0.39 is 0 Å². The highest BCUT2D eigenvalue weighted by atomic mass is 35.5. The summed E-state index contributed by atoms with van der Waals surface area (Å²) < 4.78 is 0. The molecular weight excluding hydrogens is 192 g/mol. The standard InChI is InChI=1S/C7H3ClN4O/c8-6-5-4(10-2-11-6)3(1-9)7(13)12-5/h2,12-13H. The zero-order chi connectivity index (χ0) is 9.42. The Balaban J connectivity index is 2.96. The molecule has 0 amide bonds. The van der Waals surface area contributed by atoms with Crippen molar-refractivity contribution in [3.05, 3.63) is 17.0 Å². The number of fused-ring (bicyclic) bond motifs is 1. The highest BCUT2D eigenvalue weighted by molar-refractivity contribution is 6.33. The number of H-pyrrole nitrogens is 1. The van der Waals surface area contributed by atoms with Crippen LogP contribution in [0.1, 0.15) is 5.56 Å². The number of aromatic amines is 1. The smallest absolute Gasteiger partial charge is 0.209 e. The van der Waals surface area contributed by atoms with E-state index in [4.69, 9.17) is 16.9 Å². The highest BCUT2D eigenvalue weighted by Gasteiger charge is 2.13. The molecule has 0 aliphatic heterocycles. The maximum Gasteiger partial charge on any atom is 0.209 e. The third kappa shape index (κ3) is 0.999. The van der Waals surface area contributed by atoms with Gasteiger partial charge in [-0.25, -0.2) is 9.97 Å². The summed E-state index contributed by atoms with van der Waals surface area (Å²) in [6.07, 6.45) is 1.23. The zero-order valence-electron chi connectivity index (χ0n) is 6.24. The molecule has 2 aromatic rings. The van der Waals surface area contributed by atoms with Gasteiger partial charge in [0.2, 0.25) is 5.88 Å². The van der Waals surface area contributed by atoms with Gasteiger partial charge in [-0.1, -0.05) is 11.6 Å². The normalized spacial score (nSPS) is 10.2. The molecule has 2 heterocycles. The molecule has 0 fully saturated rings. The Morgan fingerprint density at radius 1 is 1.54 bits per heavy atom. The Hall–Kier alpha value is -1.80. The van der Waals surface area contributed by atoms with E-state index in [1.807, 2.05) is 6.07 Å². The first kappa shape index (κ1) is 7.83. The summed E-state index contributed by atoms with van der Waals surface area (Å²) in [7, 11) is 0. The summed E-state index contributed by atoms with van der Waals surface area (Å²) in [5.74, 6) is -0.236. The van der Waals surface area contributed by atoms with Crippen molar-refractivity contribution >= 4 is 22.6 Å². The Bertz CT molecular complexity index is 513. The first-order chi connectivity index (χ1) is 6.24. The third-order valence-electron chi connectivity index (χ3n) is 1.63. The molecule has 2 N–H and O–H groups in total. The van der Waals surface area contributed by atoms with E-state index in [0.717, 1.165) is 0 Å². The van der Waals surface area contributed by atoms with Crippen LogP contribution in [0.25, 0.3) is 11.0 Å². The second-order valence-corrected chi connectivity index (χ2v) is 2.71. The monoisotopic (exact) mass is 194 g/mol. The van der Waals surface area contributed by atoms with Crippen molar-refractivity contribution in [2.24, 2.45) is 0 Å². The van der Waals surface area contributed by atoms with Gasteiger partial charge < -0.3 is 10.1 Å². The molecule has 0 aliphatic rings. The maximum absolute atomic E-state index is 9.25. The van der Waals surface area contributed by atoms with Crippen LogP contribution in [0.4, 0.5) is 0 Å². The molecule has 0 unspecified atom stereocenters. The average Bonchev–Trinajstić information content (AvgIpc) is 2.43. The summed E-state index contributed by atoms with van der Waals surface area (Å²) in [6, 6.07) is 1.82. The van der Waals surface area contributed by atoms with Gasteiger partial charge in [-0.2, -0.15) is 5.26 Å². The van der Waals surface area contributed by atoms with Crippen LogP contribution in [0.5, 0.6) is 5.88 Å². The predicted octanol–water partition coefficient (Wildman–Crippen LogP) is 1.19. The van der Waals surface area contributed by atoms with Crippen molar-refractivity contribution in [3.8, 4) is 11.9 Å². The largest absolute Gasteiger partial charge is 0.494 e. The third-order valence-corrected chi connectivity index (χ3v) is 1.92. The van der Waals surface area contributed by atoms with Crippen molar-refractivity contribution in [1.82, 2.24) is 15.0 Å². The molecular formula is C7H3ClN4O. The van der Waals surface area contributed by atoms with E-state index >= 15 is 0 Å². The molecule has 0 spiro atoms. The molecule has 5 nitrogen and oxygen atoms in total. The summed E-state index contributed by atoms with van der Waals surface area (Å²) in [5.41, 5.74) is 0.789. The van der Waals surface area contributed by atoms with Gasteiger partial charge in [-0.05, 0) is 0 Å². The Kier molecular flexibility index (Phi) is 1.57. The first-order valence-electron chi connectivity index (χ1n) is 3.35. The Labute approximate surface area is 77.6 Å². The molecule has 2 rings (SSSR count). The fraction of sp³-hybridized carbons (Fsp3) is 0. The van der Waals surface area contributed by atoms with E-state index in [1.165, 1.54) is 6.33 Å². The lowest BCUT2D eigenvalue weighted by molar-refractivity contribution is 0.457. The van der Waals surface area contributed by atoms with Crippen molar-refractivity contribution in [2.75, 3.05) is 0 Å². The van der Waals surface area contributed by atoms with E-state index in [9.17, 15) is 5.11 Å². The molecule has 6 heteroatoms. The lowest BCUT2D eigenvalue weighted by atomic mass is 10.3. The number of nitrogens with zero attached hydrogens (tertiary/aromatic N) is 3. The van der Waals surface area contributed by atoms with Crippen LogP contribution in [-0.4, -0.2) is 20.1 Å². The summed E-state index contributed by atoms with van der Waals surface area (Å²) in [4.78, 5) is 10.0. The molecule has 0 aliphatic carbocycles. The minimum absolute atomic E-state index is 0.0827. The predicted molar refractivity (Wildman–Crippen MR) is 45.3 cm³/mol. The van der Waals surface area contributed by atoms with Crippen LogP contribution >= 0.6 is 11.6 Å². The lowest BCUT2D eigenvalue weighted by Crippen LogP contribution is -1.81. The number of nitrogens with one attached hydrogen (secondary N) is 1. The number of aromatic nitrogens is 3. The number of rotatable bonds is 0. The highest BCUT2D eigenvalue weighted by Crippen LogP contribution is 2.27. The molecule has 13 heavy (non-hydrogen) atoms. The number of aromatic hydroxyl groups is 1. The number of hydrogen-bond acceptors (Lipinski definition) is 4. The van der Waals surface area contributed by atoms with Crippen LogP contribution in [0, 0.1) is 11.3 Å². The molecule has 0 aromatic carbocycles. The molecule has 0 bridgehead atoms. The van der Waals surface area contributed by atoms with Crippen LogP contribution in [-0.2, 0) is 0 Å². The van der Waals surface area contributed by atoms with Gasteiger partial charge in [0.1, 0.15) is 29.0 Å². The SMILES string of the molecule is N#Cc1c(O)[nH]c2c(Cl)ncnc12. The Morgan fingerprint density at radius 2 is 2.31 bits per heavy atom. The molecule has 0 saturated heterocycles. The topological polar surface area (TPSA) is 85.6 Å². The molecule has 0 atom stereocenters. The summed E-state index contributed by atoms with van der Waals surface area (Å²) in [5, 5.41) is 18.1. The number of nitriles is 1. The van der Waals surface area contributed by atoms with Crippen LogP contribution in [0.15, 0.2) is 6.33 Å². The van der Waals surface area contributed by atoms with Gasteiger partial charge in [0, 0.05) is 0 Å². The van der Waals surface area contributed by atoms with E-state index in [-0.39, 0.29) is 16.6 Å². The minimum Gasteiger partial charge on any atom is -0.494 e. The van der Waals surface area contributed by atoms with Crippen LogP contribution in [0.3, 0.4) is 0 Å². The fourth-order valence-electron chi connectivity index (χ4n) is 1.06. The van der Waals surface area contributed by atoms with Gasteiger partial charge in [0.15, 0.2) is 5.15 Å². The molecule has 0 radical (unpaired) electrons. The van der Waals surface area contributed by atoms with Crippen molar-refractivity contribution in [1.29, 1.82) is 5.26 Å². The summed E-state index contributed by atoms with van der Waals surface area (Å²) >= 11 is 5.70. The summed E-state index contributed by atoms with van der Waals surface area (Å²) in [6.45, 7) is 0. The second-order valence-electron chi connectivity index (χ2n) is 2.35. The molecule has 2 aromatic heterocycles. The first-order valence-corrected chi connectivity index (χ1v) is 3.73. The van der Waals surface area contributed by atoms with Crippen molar-refractivity contribution in [2.45, 2.75) is 0 Å². The van der Waals surface area contributed by atoms with E-state index in [1.54, 1.807) is 0 Å². The van der Waals surface area contributed by atoms with E-state index in [2.05, 4.69) is 15.0 Å². The quantitative estimate of drug-likeness (QED) is 0.617. The maximum atomic E-state index is 9.25. The number of halogens is 1. The van der Waals surface area contributed by atoms with Crippen LogP contribution < -0.4 is 0 Å². The minimum atomic E-state index is -0.236. The lowest BCUT2D eigenvalue weighted by Gasteiger charge is -1.89. The van der Waals surface area contributed by atoms with E-state index in [0.29, 0.717) is 11.0 Å². The van der Waals surface area contributed by atoms with Gasteiger partial charge in [0.05, 0.1) is 0 Å². The molecule has 0 saturated carbocycles. The molecule has 64 valence electrons. The van der Waals surface area contributed by atoms with Crippen molar-refractivity contribution in [3.63, 3.8) is 0 Å². The van der Waals surface area contributed by atoms with Crippen molar-refractivity contribution < 1.29 is 5.11 Å². The Morgan fingerprint density at radius 3 is 3.00 bits per heavy atom. The number of hydrogen-bond donors (Lipinski definition) is 2. The van der Waals surface area contributed by atoms with Gasteiger partial charge in [-0.15, -0.1) is 0 Å². The van der Waals surface area contributed by atoms with Crippen LogP contribution in [0.2, 0.25) is 5.15 Å². The fourth-order valence-corrected chi connectivity index (χ4v) is 1.24. The zero-order valence-corrected chi connectivity index (χ0v) is 7.00. The average molecular weight is 195 g/mol. The van der Waals surface area contributed by atoms with Gasteiger partial charge in [-0.3, -0.25) is 0 Å².